The number of nitrogens with one attached hydrogen (secondary N) is 1. The number of nitrogens with zero attached hydrogens (tertiary/aromatic N) is 4. The SMILES string of the molecule is Cc1cnc(C2CCCN2C(=O)Nc2ccc(Cl)cc2F)n1Cc1cccnc1. The van der Waals surface area contributed by atoms with E-state index < -0.39 is 5.82 Å². The van der Waals surface area contributed by atoms with Crippen LogP contribution < -0.4 is 5.32 Å². The highest BCUT2D eigenvalue weighted by Gasteiger charge is 2.33. The highest BCUT2D eigenvalue weighted by Crippen LogP contribution is 2.33. The van der Waals surface area contributed by atoms with Gasteiger partial charge < -0.3 is 14.8 Å². The molecule has 0 spiro atoms. The predicted molar refractivity (Wildman–Crippen MR) is 109 cm³/mol. The number of urea groups is 1. The smallest absolute Gasteiger partial charge is 0.322 e. The minimum atomic E-state index is -0.560. The molecule has 0 radical (unpaired) electrons. The molecule has 1 aliphatic rings. The Balaban J connectivity index is 1.56. The molecule has 3 aromatic rings. The topological polar surface area (TPSA) is 63.1 Å². The van der Waals surface area contributed by atoms with Gasteiger partial charge in [0.1, 0.15) is 11.6 Å². The van der Waals surface area contributed by atoms with Crippen molar-refractivity contribution in [2.45, 2.75) is 32.4 Å². The molecule has 3 heterocycles. The summed E-state index contributed by atoms with van der Waals surface area (Å²) in [6.07, 6.45) is 7.05. The molecule has 1 saturated heterocycles. The second-order valence-electron chi connectivity index (χ2n) is 7.11. The van der Waals surface area contributed by atoms with Crippen molar-refractivity contribution in [3.63, 3.8) is 0 Å². The first-order chi connectivity index (χ1) is 14.0. The summed E-state index contributed by atoms with van der Waals surface area (Å²) in [4.78, 5) is 23.4. The van der Waals surface area contributed by atoms with Crippen molar-refractivity contribution in [3.8, 4) is 0 Å². The van der Waals surface area contributed by atoms with E-state index in [2.05, 4.69) is 19.9 Å². The number of aromatic nitrogens is 3. The van der Waals surface area contributed by atoms with Gasteiger partial charge in [-0.1, -0.05) is 17.7 Å². The van der Waals surface area contributed by atoms with E-state index in [9.17, 15) is 9.18 Å². The van der Waals surface area contributed by atoms with Crippen molar-refractivity contribution in [3.05, 3.63) is 76.8 Å². The average molecular weight is 414 g/mol. The van der Waals surface area contributed by atoms with Crippen molar-refractivity contribution in [1.29, 1.82) is 0 Å². The lowest BCUT2D eigenvalue weighted by Crippen LogP contribution is -2.35. The number of pyridine rings is 1. The number of aryl methyl sites for hydroxylation is 1. The van der Waals surface area contributed by atoms with Crippen LogP contribution in [0.2, 0.25) is 5.02 Å². The Morgan fingerprint density at radius 1 is 1.34 bits per heavy atom. The maximum absolute atomic E-state index is 14.1. The summed E-state index contributed by atoms with van der Waals surface area (Å²) >= 11 is 5.79. The van der Waals surface area contributed by atoms with Gasteiger partial charge in [0.25, 0.3) is 0 Å². The summed E-state index contributed by atoms with van der Waals surface area (Å²) in [5.74, 6) is 0.270. The maximum Gasteiger partial charge on any atom is 0.322 e. The zero-order chi connectivity index (χ0) is 20.4. The molecule has 29 heavy (non-hydrogen) atoms. The van der Waals surface area contributed by atoms with Crippen LogP contribution in [0.25, 0.3) is 0 Å². The molecule has 1 fully saturated rings. The normalized spacial score (nSPS) is 16.2. The van der Waals surface area contributed by atoms with E-state index in [1.54, 1.807) is 17.2 Å². The van der Waals surface area contributed by atoms with Gasteiger partial charge in [-0.05, 0) is 49.6 Å². The average Bonchev–Trinajstić information content (AvgIpc) is 3.32. The van der Waals surface area contributed by atoms with Crippen molar-refractivity contribution in [1.82, 2.24) is 19.4 Å². The lowest BCUT2D eigenvalue weighted by atomic mass is 10.2. The quantitative estimate of drug-likeness (QED) is 0.668. The van der Waals surface area contributed by atoms with Crippen LogP contribution in [0.5, 0.6) is 0 Å². The largest absolute Gasteiger partial charge is 0.326 e. The van der Waals surface area contributed by atoms with Crippen molar-refractivity contribution in [2.24, 2.45) is 0 Å². The number of hydrogen-bond donors (Lipinski definition) is 1. The maximum atomic E-state index is 14.1. The molecule has 4 rings (SSSR count). The van der Waals surface area contributed by atoms with E-state index in [-0.39, 0.29) is 22.8 Å². The zero-order valence-corrected chi connectivity index (χ0v) is 16.7. The molecule has 6 nitrogen and oxygen atoms in total. The highest BCUT2D eigenvalue weighted by molar-refractivity contribution is 6.30. The van der Waals surface area contributed by atoms with Gasteiger partial charge in [-0.2, -0.15) is 0 Å². The fourth-order valence-electron chi connectivity index (χ4n) is 3.68. The van der Waals surface area contributed by atoms with Crippen LogP contribution in [0.15, 0.2) is 48.9 Å². The second kappa shape index (κ2) is 8.21. The molecule has 1 aliphatic heterocycles. The monoisotopic (exact) mass is 413 g/mol. The summed E-state index contributed by atoms with van der Waals surface area (Å²) in [6, 6.07) is 7.59. The van der Waals surface area contributed by atoms with Crippen LogP contribution in [0, 0.1) is 12.7 Å². The molecule has 1 aromatic carbocycles. The summed E-state index contributed by atoms with van der Waals surface area (Å²) in [6.45, 7) is 3.21. The van der Waals surface area contributed by atoms with E-state index in [0.717, 1.165) is 29.9 Å². The van der Waals surface area contributed by atoms with Crippen LogP contribution in [-0.4, -0.2) is 32.0 Å². The van der Waals surface area contributed by atoms with E-state index in [0.29, 0.717) is 13.1 Å². The molecule has 1 N–H and O–H groups in total. The lowest BCUT2D eigenvalue weighted by molar-refractivity contribution is 0.203. The Morgan fingerprint density at radius 2 is 2.21 bits per heavy atom. The Kier molecular flexibility index (Phi) is 5.49. The molecule has 0 saturated carbocycles. The molecule has 0 aliphatic carbocycles. The molecule has 1 unspecified atom stereocenters. The Bertz CT molecular complexity index is 1020. The van der Waals surface area contributed by atoms with Gasteiger partial charge >= 0.3 is 6.03 Å². The van der Waals surface area contributed by atoms with Crippen molar-refractivity contribution in [2.75, 3.05) is 11.9 Å². The number of anilines is 1. The van der Waals surface area contributed by atoms with Crippen LogP contribution in [0.3, 0.4) is 0 Å². The van der Waals surface area contributed by atoms with Crippen LogP contribution in [0.4, 0.5) is 14.9 Å². The number of benzene rings is 1. The van der Waals surface area contributed by atoms with Crippen LogP contribution in [-0.2, 0) is 6.54 Å². The predicted octanol–water partition coefficient (Wildman–Crippen LogP) is 4.80. The fraction of sp³-hybridized carbons (Fsp3) is 0.286. The van der Waals surface area contributed by atoms with Crippen LogP contribution >= 0.6 is 11.6 Å². The van der Waals surface area contributed by atoms with Gasteiger partial charge in [-0.15, -0.1) is 0 Å². The van der Waals surface area contributed by atoms with Gasteiger partial charge in [-0.3, -0.25) is 4.98 Å². The molecular formula is C21H21ClFN5O. The van der Waals surface area contributed by atoms with Gasteiger partial charge in [0, 0.05) is 35.9 Å². The standard InChI is InChI=1S/C21H21ClFN5O/c1-14-11-25-20(28(14)13-15-4-2-8-24-12-15)19-5-3-9-27(19)21(29)26-18-7-6-16(22)10-17(18)23/h2,4,6-8,10-12,19H,3,5,9,13H2,1H3,(H,26,29). The van der Waals surface area contributed by atoms with Crippen LogP contribution in [0.1, 0.15) is 36.0 Å². The number of carbonyl (C=O) groups excluding carboxylic acids is 1. The third kappa shape index (κ3) is 4.10. The third-order valence-electron chi connectivity index (χ3n) is 5.13. The number of amides is 2. The molecule has 1 atom stereocenters. The van der Waals surface area contributed by atoms with Gasteiger partial charge in [0.05, 0.1) is 18.3 Å². The first-order valence-corrected chi connectivity index (χ1v) is 9.84. The molecule has 2 aromatic heterocycles. The second-order valence-corrected chi connectivity index (χ2v) is 7.55. The Morgan fingerprint density at radius 3 is 2.97 bits per heavy atom. The molecule has 2 amide bonds. The Hall–Kier alpha value is -2.93. The molecule has 0 bridgehead atoms. The lowest BCUT2D eigenvalue weighted by Gasteiger charge is -2.26. The van der Waals surface area contributed by atoms with Crippen molar-refractivity contribution >= 4 is 23.3 Å². The number of halogens is 2. The van der Waals surface area contributed by atoms with Gasteiger partial charge in [-0.25, -0.2) is 14.2 Å². The van der Waals surface area contributed by atoms with Gasteiger partial charge in [0.15, 0.2) is 0 Å². The summed E-state index contributed by atoms with van der Waals surface area (Å²) in [7, 11) is 0. The molecule has 150 valence electrons. The molecule has 8 heteroatoms. The van der Waals surface area contributed by atoms with E-state index in [4.69, 9.17) is 11.6 Å². The number of imidazole rings is 1. The van der Waals surface area contributed by atoms with Gasteiger partial charge in [0.2, 0.25) is 0 Å². The minimum Gasteiger partial charge on any atom is -0.326 e. The zero-order valence-electron chi connectivity index (χ0n) is 16.0. The highest BCUT2D eigenvalue weighted by atomic mass is 35.5. The van der Waals surface area contributed by atoms with E-state index >= 15 is 0 Å². The summed E-state index contributed by atoms with van der Waals surface area (Å²) in [5.41, 5.74) is 2.19. The number of rotatable bonds is 4. The number of likely N-dealkylation sites (tertiary alicyclic amines) is 1. The summed E-state index contributed by atoms with van der Waals surface area (Å²) in [5, 5.41) is 2.95. The first-order valence-electron chi connectivity index (χ1n) is 9.46. The fourth-order valence-corrected chi connectivity index (χ4v) is 3.84. The Labute approximate surface area is 173 Å². The number of carbonyl (C=O) groups is 1. The number of hydrogen-bond acceptors (Lipinski definition) is 3. The summed E-state index contributed by atoms with van der Waals surface area (Å²) < 4.78 is 16.2. The first kappa shape index (κ1) is 19.4. The third-order valence-corrected chi connectivity index (χ3v) is 5.37. The van der Waals surface area contributed by atoms with E-state index in [1.807, 2.05) is 31.5 Å². The van der Waals surface area contributed by atoms with E-state index in [1.165, 1.54) is 12.1 Å². The van der Waals surface area contributed by atoms with Crippen molar-refractivity contribution < 1.29 is 9.18 Å². The molecular weight excluding hydrogens is 393 g/mol. The minimum absolute atomic E-state index is 0.111.